The van der Waals surface area contributed by atoms with Gasteiger partial charge >= 0.3 is 0 Å². The molecule has 27 heavy (non-hydrogen) atoms. The Labute approximate surface area is 167 Å². The van der Waals surface area contributed by atoms with Gasteiger partial charge in [-0.25, -0.2) is 8.42 Å². The molecule has 7 heteroatoms. The Hall–Kier alpha value is -1.96. The van der Waals surface area contributed by atoms with E-state index in [4.69, 9.17) is 5.11 Å². The van der Waals surface area contributed by atoms with Crippen LogP contribution < -0.4 is 0 Å². The highest BCUT2D eigenvalue weighted by molar-refractivity contribution is 9.10. The van der Waals surface area contributed by atoms with Crippen molar-refractivity contribution in [3.8, 4) is 22.4 Å². The number of rotatable bonds is 7. The molecule has 0 fully saturated rings. The first kappa shape index (κ1) is 19.8. The molecule has 0 amide bonds. The lowest BCUT2D eigenvalue weighted by Crippen LogP contribution is -1.96. The van der Waals surface area contributed by atoms with E-state index in [2.05, 4.69) is 26.1 Å². The van der Waals surface area contributed by atoms with Crippen LogP contribution >= 0.6 is 15.9 Å². The third-order valence-corrected chi connectivity index (χ3v) is 6.02. The van der Waals surface area contributed by atoms with E-state index in [1.807, 2.05) is 24.3 Å². The molecule has 1 heterocycles. The highest BCUT2D eigenvalue weighted by Crippen LogP contribution is 2.35. The van der Waals surface area contributed by atoms with Gasteiger partial charge in [-0.15, -0.1) is 0 Å². The SMILES string of the molecule is CS(=O)(=O)c1ccc(-c2n[nH]c(CCCCO)c2-c2ccc(Br)cc2)cc1. The van der Waals surface area contributed by atoms with Crippen LogP contribution in [0.5, 0.6) is 0 Å². The van der Waals surface area contributed by atoms with E-state index in [0.29, 0.717) is 0 Å². The third kappa shape index (κ3) is 4.66. The standard InChI is InChI=1S/C20H21BrN2O3S/c1-27(25,26)17-11-7-15(8-12-17)20-19(14-5-9-16(21)10-6-14)18(22-23-20)4-2-3-13-24/h5-12,24H,2-4,13H2,1H3,(H,22,23). The van der Waals surface area contributed by atoms with E-state index in [1.165, 1.54) is 6.26 Å². The lowest BCUT2D eigenvalue weighted by Gasteiger charge is -2.08. The number of aromatic nitrogens is 2. The number of benzene rings is 2. The predicted octanol–water partition coefficient (Wildman–Crippen LogP) is 4.22. The van der Waals surface area contributed by atoms with Crippen molar-refractivity contribution in [2.24, 2.45) is 0 Å². The molecule has 0 unspecified atom stereocenters. The zero-order chi connectivity index (χ0) is 19.4. The number of H-pyrrole nitrogens is 1. The first-order valence-corrected chi connectivity index (χ1v) is 11.3. The highest BCUT2D eigenvalue weighted by atomic mass is 79.9. The Morgan fingerprint density at radius 3 is 2.22 bits per heavy atom. The van der Waals surface area contributed by atoms with E-state index in [1.54, 1.807) is 24.3 Å². The summed E-state index contributed by atoms with van der Waals surface area (Å²) in [7, 11) is -3.24. The second-order valence-corrected chi connectivity index (χ2v) is 9.34. The maximum atomic E-state index is 11.7. The Balaban J connectivity index is 2.05. The molecule has 2 aromatic carbocycles. The fourth-order valence-electron chi connectivity index (χ4n) is 2.97. The van der Waals surface area contributed by atoms with Gasteiger partial charge in [0, 0.05) is 34.2 Å². The molecule has 5 nitrogen and oxygen atoms in total. The maximum Gasteiger partial charge on any atom is 0.175 e. The molecule has 0 spiro atoms. The molecular weight excluding hydrogens is 428 g/mol. The molecule has 0 saturated heterocycles. The molecule has 3 aromatic rings. The summed E-state index contributed by atoms with van der Waals surface area (Å²) in [5.41, 5.74) is 4.69. The second kappa shape index (κ2) is 8.37. The fraction of sp³-hybridized carbons (Fsp3) is 0.250. The van der Waals surface area contributed by atoms with Crippen LogP contribution in [0.1, 0.15) is 18.5 Å². The van der Waals surface area contributed by atoms with Crippen LogP contribution in [-0.4, -0.2) is 36.6 Å². The van der Waals surface area contributed by atoms with Gasteiger partial charge in [-0.05, 0) is 49.1 Å². The number of aliphatic hydroxyl groups is 1. The number of sulfone groups is 1. The summed E-state index contributed by atoms with van der Waals surface area (Å²) < 4.78 is 24.4. The number of hydrogen-bond donors (Lipinski definition) is 2. The Kier molecular flexibility index (Phi) is 6.14. The zero-order valence-corrected chi connectivity index (χ0v) is 17.3. The van der Waals surface area contributed by atoms with Crippen molar-refractivity contribution in [3.63, 3.8) is 0 Å². The van der Waals surface area contributed by atoms with Gasteiger partial charge < -0.3 is 5.11 Å². The van der Waals surface area contributed by atoms with Crippen LogP contribution in [0.3, 0.4) is 0 Å². The monoisotopic (exact) mass is 448 g/mol. The number of nitrogens with zero attached hydrogens (tertiary/aromatic N) is 1. The summed E-state index contributed by atoms with van der Waals surface area (Å²) in [6.45, 7) is 0.168. The first-order valence-electron chi connectivity index (χ1n) is 8.64. The van der Waals surface area contributed by atoms with Gasteiger partial charge in [-0.3, -0.25) is 5.10 Å². The van der Waals surface area contributed by atoms with E-state index < -0.39 is 9.84 Å². The van der Waals surface area contributed by atoms with E-state index in [0.717, 1.165) is 51.8 Å². The summed E-state index contributed by atoms with van der Waals surface area (Å²) in [6, 6.07) is 14.8. The van der Waals surface area contributed by atoms with Gasteiger partial charge in [0.15, 0.2) is 9.84 Å². The molecule has 142 valence electrons. The van der Waals surface area contributed by atoms with Gasteiger partial charge in [0.1, 0.15) is 5.69 Å². The average molecular weight is 449 g/mol. The van der Waals surface area contributed by atoms with Crippen molar-refractivity contribution in [2.45, 2.75) is 24.2 Å². The number of aromatic amines is 1. The lowest BCUT2D eigenvalue weighted by molar-refractivity contribution is 0.284. The van der Waals surface area contributed by atoms with Crippen molar-refractivity contribution in [2.75, 3.05) is 12.9 Å². The number of hydrogen-bond acceptors (Lipinski definition) is 4. The van der Waals surface area contributed by atoms with Crippen LogP contribution in [0.25, 0.3) is 22.4 Å². The van der Waals surface area contributed by atoms with Gasteiger partial charge in [0.2, 0.25) is 0 Å². The van der Waals surface area contributed by atoms with Crippen LogP contribution in [0.15, 0.2) is 57.9 Å². The minimum atomic E-state index is -3.24. The minimum absolute atomic E-state index is 0.168. The molecule has 0 saturated carbocycles. The Morgan fingerprint density at radius 1 is 1.00 bits per heavy atom. The van der Waals surface area contributed by atoms with Crippen LogP contribution in [0.4, 0.5) is 0 Å². The Bertz CT molecular complexity index is 1010. The summed E-state index contributed by atoms with van der Waals surface area (Å²) in [6.07, 6.45) is 3.56. The van der Waals surface area contributed by atoms with Gasteiger partial charge in [0.25, 0.3) is 0 Å². The molecule has 0 bridgehead atoms. The number of nitrogens with one attached hydrogen (secondary N) is 1. The number of aliphatic hydroxyl groups excluding tert-OH is 1. The van der Waals surface area contributed by atoms with Crippen molar-refractivity contribution in [1.29, 1.82) is 0 Å². The molecular formula is C20H21BrN2O3S. The number of aryl methyl sites for hydroxylation is 1. The molecule has 1 aromatic heterocycles. The smallest absolute Gasteiger partial charge is 0.175 e. The average Bonchev–Trinajstić information content (AvgIpc) is 3.06. The Morgan fingerprint density at radius 2 is 1.63 bits per heavy atom. The van der Waals surface area contributed by atoms with Crippen LogP contribution in [0, 0.1) is 0 Å². The molecule has 2 N–H and O–H groups in total. The summed E-state index contributed by atoms with van der Waals surface area (Å²) in [4.78, 5) is 0.287. The summed E-state index contributed by atoms with van der Waals surface area (Å²) in [5, 5.41) is 16.7. The van der Waals surface area contributed by atoms with Crippen LogP contribution in [0.2, 0.25) is 0 Å². The number of halogens is 1. The fourth-order valence-corrected chi connectivity index (χ4v) is 3.86. The third-order valence-electron chi connectivity index (χ3n) is 4.36. The van der Waals surface area contributed by atoms with Gasteiger partial charge in [0.05, 0.1) is 4.90 Å². The maximum absolute atomic E-state index is 11.7. The summed E-state index contributed by atoms with van der Waals surface area (Å²) in [5.74, 6) is 0. The van der Waals surface area contributed by atoms with E-state index >= 15 is 0 Å². The summed E-state index contributed by atoms with van der Waals surface area (Å²) >= 11 is 3.46. The molecule has 3 rings (SSSR count). The van der Waals surface area contributed by atoms with Crippen LogP contribution in [-0.2, 0) is 16.3 Å². The first-order chi connectivity index (χ1) is 12.9. The molecule has 0 radical (unpaired) electrons. The largest absolute Gasteiger partial charge is 0.396 e. The van der Waals surface area contributed by atoms with Crippen molar-refractivity contribution < 1.29 is 13.5 Å². The van der Waals surface area contributed by atoms with Crippen molar-refractivity contribution >= 4 is 25.8 Å². The van der Waals surface area contributed by atoms with Gasteiger partial charge in [-0.1, -0.05) is 40.2 Å². The lowest BCUT2D eigenvalue weighted by atomic mass is 9.97. The molecule has 0 atom stereocenters. The minimum Gasteiger partial charge on any atom is -0.396 e. The normalized spacial score (nSPS) is 11.7. The van der Waals surface area contributed by atoms with E-state index in [-0.39, 0.29) is 11.5 Å². The predicted molar refractivity (Wildman–Crippen MR) is 110 cm³/mol. The van der Waals surface area contributed by atoms with Crippen molar-refractivity contribution in [1.82, 2.24) is 10.2 Å². The number of unbranched alkanes of at least 4 members (excludes halogenated alkanes) is 1. The topological polar surface area (TPSA) is 83.0 Å². The highest BCUT2D eigenvalue weighted by Gasteiger charge is 2.17. The molecule has 0 aliphatic heterocycles. The zero-order valence-electron chi connectivity index (χ0n) is 14.9. The molecule has 0 aliphatic carbocycles. The van der Waals surface area contributed by atoms with Crippen molar-refractivity contribution in [3.05, 3.63) is 58.7 Å². The van der Waals surface area contributed by atoms with E-state index in [9.17, 15) is 8.42 Å². The second-order valence-electron chi connectivity index (χ2n) is 6.41. The molecule has 0 aliphatic rings. The van der Waals surface area contributed by atoms with Gasteiger partial charge in [-0.2, -0.15) is 5.10 Å². The quantitative estimate of drug-likeness (QED) is 0.529.